The number of halogens is 3. The highest BCUT2D eigenvalue weighted by molar-refractivity contribution is 6.42. The summed E-state index contributed by atoms with van der Waals surface area (Å²) in [5, 5.41) is 3.45. The molecule has 35 heavy (non-hydrogen) atoms. The lowest BCUT2D eigenvalue weighted by molar-refractivity contribution is -0.139. The molecular formula is C25H27Cl2FN4O3. The minimum Gasteiger partial charge on any atom is -0.463 e. The standard InChI is InChI=1S/C25H27Cl2FN4O3/c1-3-35-24(33)21-20(15-31-11-13-32(14-12-31)19-10-5-4-9-18(19)28)30(2)25(34)29-23(21)16-7-6-8-17(26)22(16)27/h4-10,23H,3,11-15H2,1-2H3,(H,29,34). The molecule has 1 saturated heterocycles. The van der Waals surface area contributed by atoms with Crippen LogP contribution in [0, 0.1) is 5.82 Å². The van der Waals surface area contributed by atoms with Crippen LogP contribution in [0.4, 0.5) is 14.9 Å². The van der Waals surface area contributed by atoms with Gasteiger partial charge < -0.3 is 15.0 Å². The van der Waals surface area contributed by atoms with E-state index in [4.69, 9.17) is 27.9 Å². The molecule has 2 aromatic rings. The van der Waals surface area contributed by atoms with E-state index in [1.54, 1.807) is 44.3 Å². The fourth-order valence-electron chi connectivity index (χ4n) is 4.44. The van der Waals surface area contributed by atoms with Crippen LogP contribution in [0.2, 0.25) is 10.0 Å². The largest absolute Gasteiger partial charge is 0.463 e. The van der Waals surface area contributed by atoms with Gasteiger partial charge in [-0.15, -0.1) is 0 Å². The van der Waals surface area contributed by atoms with E-state index < -0.39 is 12.0 Å². The van der Waals surface area contributed by atoms with E-state index in [0.717, 1.165) is 0 Å². The van der Waals surface area contributed by atoms with Crippen LogP contribution in [-0.4, -0.2) is 68.2 Å². The summed E-state index contributed by atoms with van der Waals surface area (Å²) in [4.78, 5) is 31.6. The fraction of sp³-hybridized carbons (Fsp3) is 0.360. The van der Waals surface area contributed by atoms with E-state index >= 15 is 0 Å². The van der Waals surface area contributed by atoms with Crippen LogP contribution in [0.1, 0.15) is 18.5 Å². The third kappa shape index (κ3) is 5.24. The summed E-state index contributed by atoms with van der Waals surface area (Å²) < 4.78 is 19.6. The molecule has 0 aromatic heterocycles. The third-order valence-electron chi connectivity index (χ3n) is 6.30. The third-order valence-corrected chi connectivity index (χ3v) is 7.14. The number of benzene rings is 2. The molecule has 0 aliphatic carbocycles. The van der Waals surface area contributed by atoms with Gasteiger partial charge in [-0.3, -0.25) is 9.80 Å². The predicted octanol–water partition coefficient (Wildman–Crippen LogP) is 4.47. The van der Waals surface area contributed by atoms with Crippen molar-refractivity contribution in [3.05, 3.63) is 75.2 Å². The molecule has 1 atom stereocenters. The molecule has 7 nitrogen and oxygen atoms in total. The lowest BCUT2D eigenvalue weighted by Gasteiger charge is -2.40. The van der Waals surface area contributed by atoms with Gasteiger partial charge in [0.25, 0.3) is 0 Å². The number of rotatable bonds is 6. The van der Waals surface area contributed by atoms with Gasteiger partial charge in [-0.25, -0.2) is 14.0 Å². The molecular weight excluding hydrogens is 494 g/mol. The summed E-state index contributed by atoms with van der Waals surface area (Å²) in [5.74, 6) is -0.779. The van der Waals surface area contributed by atoms with Crippen LogP contribution < -0.4 is 10.2 Å². The second-order valence-corrected chi connectivity index (χ2v) is 9.17. The van der Waals surface area contributed by atoms with Crippen LogP contribution in [0.3, 0.4) is 0 Å². The van der Waals surface area contributed by atoms with Crippen LogP contribution in [0.5, 0.6) is 0 Å². The summed E-state index contributed by atoms with van der Waals surface area (Å²) in [6.45, 7) is 4.75. The van der Waals surface area contributed by atoms with Crippen LogP contribution in [-0.2, 0) is 9.53 Å². The number of carbonyl (C=O) groups is 2. The van der Waals surface area contributed by atoms with Crippen molar-refractivity contribution in [2.75, 3.05) is 51.3 Å². The number of likely N-dealkylation sites (N-methyl/N-ethyl adjacent to an activating group) is 1. The fourth-order valence-corrected chi connectivity index (χ4v) is 4.86. The van der Waals surface area contributed by atoms with E-state index in [1.165, 1.54) is 11.0 Å². The first-order chi connectivity index (χ1) is 16.8. The molecule has 2 amide bonds. The van der Waals surface area contributed by atoms with E-state index in [-0.39, 0.29) is 23.5 Å². The normalized spacial score (nSPS) is 19.1. The van der Waals surface area contributed by atoms with Gasteiger partial charge in [0.05, 0.1) is 34.0 Å². The van der Waals surface area contributed by atoms with Crippen molar-refractivity contribution in [1.29, 1.82) is 0 Å². The number of para-hydroxylation sites is 1. The van der Waals surface area contributed by atoms with Crippen LogP contribution in [0.15, 0.2) is 53.7 Å². The lowest BCUT2D eigenvalue weighted by atomic mass is 9.94. The Kier molecular flexibility index (Phi) is 7.84. The average Bonchev–Trinajstić information content (AvgIpc) is 2.84. The molecule has 2 heterocycles. The maximum atomic E-state index is 14.2. The maximum Gasteiger partial charge on any atom is 0.338 e. The SMILES string of the molecule is CCOC(=O)C1=C(CN2CCN(c3ccccc3F)CC2)N(C)C(=O)NC1c1cccc(Cl)c1Cl. The number of urea groups is 1. The zero-order valence-corrected chi connectivity index (χ0v) is 21.1. The van der Waals surface area contributed by atoms with Crippen molar-refractivity contribution in [2.24, 2.45) is 0 Å². The number of carbonyl (C=O) groups excluding carboxylic acids is 2. The predicted molar refractivity (Wildman–Crippen MR) is 134 cm³/mol. The zero-order valence-electron chi connectivity index (χ0n) is 19.6. The summed E-state index contributed by atoms with van der Waals surface area (Å²) in [6.07, 6.45) is 0. The number of nitrogens with one attached hydrogen (secondary N) is 1. The molecule has 2 aliphatic rings. The van der Waals surface area contributed by atoms with Gasteiger partial charge in [-0.2, -0.15) is 0 Å². The summed E-state index contributed by atoms with van der Waals surface area (Å²) in [6, 6.07) is 10.6. The Hall–Kier alpha value is -2.81. The molecule has 0 spiro atoms. The molecule has 2 aliphatic heterocycles. The molecule has 0 radical (unpaired) electrons. The summed E-state index contributed by atoms with van der Waals surface area (Å²) >= 11 is 12.7. The minimum absolute atomic E-state index is 0.185. The van der Waals surface area contributed by atoms with Gasteiger partial charge in [0, 0.05) is 45.5 Å². The summed E-state index contributed by atoms with van der Waals surface area (Å²) in [5.41, 5.74) is 1.94. The highest BCUT2D eigenvalue weighted by Gasteiger charge is 2.38. The van der Waals surface area contributed by atoms with Crippen molar-refractivity contribution < 1.29 is 18.7 Å². The monoisotopic (exact) mass is 520 g/mol. The van der Waals surface area contributed by atoms with Gasteiger partial charge in [-0.05, 0) is 30.7 Å². The van der Waals surface area contributed by atoms with Gasteiger partial charge in [-0.1, -0.05) is 47.5 Å². The molecule has 0 bridgehead atoms. The first-order valence-corrected chi connectivity index (χ1v) is 12.2. The first kappa shape index (κ1) is 25.3. The lowest BCUT2D eigenvalue weighted by Crippen LogP contribution is -2.52. The Morgan fingerprint density at radius 1 is 1.11 bits per heavy atom. The Morgan fingerprint density at radius 3 is 2.51 bits per heavy atom. The Morgan fingerprint density at radius 2 is 1.83 bits per heavy atom. The summed E-state index contributed by atoms with van der Waals surface area (Å²) in [7, 11) is 1.62. The highest BCUT2D eigenvalue weighted by atomic mass is 35.5. The molecule has 1 fully saturated rings. The molecule has 1 unspecified atom stereocenters. The first-order valence-electron chi connectivity index (χ1n) is 11.4. The Bertz CT molecular complexity index is 1150. The number of anilines is 1. The average molecular weight is 521 g/mol. The molecule has 2 aromatic carbocycles. The van der Waals surface area contributed by atoms with Gasteiger partial charge >= 0.3 is 12.0 Å². The Balaban J connectivity index is 1.64. The number of esters is 1. The quantitative estimate of drug-likeness (QED) is 0.569. The number of nitrogens with zero attached hydrogens (tertiary/aromatic N) is 3. The molecule has 186 valence electrons. The number of piperazine rings is 1. The van der Waals surface area contributed by atoms with E-state index in [9.17, 15) is 14.0 Å². The number of hydrogen-bond donors (Lipinski definition) is 1. The van der Waals surface area contributed by atoms with Gasteiger partial charge in [0.15, 0.2) is 0 Å². The number of hydrogen-bond acceptors (Lipinski definition) is 5. The highest BCUT2D eigenvalue weighted by Crippen LogP contribution is 2.37. The molecule has 4 rings (SSSR count). The van der Waals surface area contributed by atoms with Crippen molar-refractivity contribution >= 4 is 40.9 Å². The van der Waals surface area contributed by atoms with Crippen molar-refractivity contribution in [2.45, 2.75) is 13.0 Å². The van der Waals surface area contributed by atoms with E-state index in [1.807, 2.05) is 11.0 Å². The van der Waals surface area contributed by atoms with Crippen molar-refractivity contribution in [3.63, 3.8) is 0 Å². The molecule has 1 N–H and O–H groups in total. The van der Waals surface area contributed by atoms with E-state index in [2.05, 4.69) is 10.2 Å². The molecule has 0 saturated carbocycles. The number of ether oxygens (including phenoxy) is 1. The molecule has 10 heteroatoms. The van der Waals surface area contributed by atoms with Gasteiger partial charge in [0.1, 0.15) is 5.82 Å². The minimum atomic E-state index is -0.807. The van der Waals surface area contributed by atoms with Crippen molar-refractivity contribution in [1.82, 2.24) is 15.1 Å². The van der Waals surface area contributed by atoms with Crippen molar-refractivity contribution in [3.8, 4) is 0 Å². The maximum absolute atomic E-state index is 14.2. The van der Waals surface area contributed by atoms with Gasteiger partial charge in [0.2, 0.25) is 0 Å². The van der Waals surface area contributed by atoms with Crippen LogP contribution in [0.25, 0.3) is 0 Å². The topological polar surface area (TPSA) is 65.1 Å². The second kappa shape index (κ2) is 10.8. The van der Waals surface area contributed by atoms with E-state index in [0.29, 0.717) is 60.3 Å². The second-order valence-electron chi connectivity index (χ2n) is 8.38. The number of amides is 2. The van der Waals surface area contributed by atoms with Crippen LogP contribution >= 0.6 is 23.2 Å². The zero-order chi connectivity index (χ0) is 25.1. The Labute approximate surface area is 214 Å². The smallest absolute Gasteiger partial charge is 0.338 e.